The van der Waals surface area contributed by atoms with Gasteiger partial charge in [-0.2, -0.15) is 0 Å². The average molecular weight is 435 g/mol. The van der Waals surface area contributed by atoms with Crippen LogP contribution in [-0.4, -0.2) is 65.9 Å². The number of rotatable bonds is 5. The molecule has 1 spiro atoms. The number of hydrogen-bond donors (Lipinski definition) is 2. The second-order valence-electron chi connectivity index (χ2n) is 9.25. The summed E-state index contributed by atoms with van der Waals surface area (Å²) >= 11 is 0. The van der Waals surface area contributed by atoms with Crippen molar-refractivity contribution in [1.82, 2.24) is 20.4 Å². The van der Waals surface area contributed by atoms with Crippen molar-refractivity contribution >= 4 is 28.5 Å². The molecule has 2 saturated heterocycles. The molecular weight excluding hydrogens is 404 g/mol. The Labute approximate surface area is 188 Å². The van der Waals surface area contributed by atoms with E-state index in [2.05, 4.69) is 15.5 Å². The lowest BCUT2D eigenvalue weighted by Crippen LogP contribution is -2.59. The maximum atomic E-state index is 12.9. The second-order valence-corrected chi connectivity index (χ2v) is 9.25. The second kappa shape index (κ2) is 8.54. The summed E-state index contributed by atoms with van der Waals surface area (Å²) in [5.41, 5.74) is -0.0218. The van der Waals surface area contributed by atoms with E-state index < -0.39 is 5.54 Å². The first kappa shape index (κ1) is 20.9. The van der Waals surface area contributed by atoms with Gasteiger partial charge in [0.15, 0.2) is 0 Å². The SMILES string of the molecule is O=C(NCCN1CCC2(CC1)C(=O)NCN2C(=O)C1CCC1)c1ccc2ccccc2c1. The smallest absolute Gasteiger partial charge is 0.251 e. The summed E-state index contributed by atoms with van der Waals surface area (Å²) in [5, 5.41) is 8.09. The van der Waals surface area contributed by atoms with Crippen molar-refractivity contribution in [3.8, 4) is 0 Å². The fourth-order valence-corrected chi connectivity index (χ4v) is 5.16. The Morgan fingerprint density at radius 2 is 1.81 bits per heavy atom. The summed E-state index contributed by atoms with van der Waals surface area (Å²) in [7, 11) is 0. The lowest BCUT2D eigenvalue weighted by atomic mass is 9.81. The molecule has 2 aliphatic heterocycles. The Kier molecular flexibility index (Phi) is 5.59. The third-order valence-electron chi connectivity index (χ3n) is 7.47. The van der Waals surface area contributed by atoms with Gasteiger partial charge in [-0.15, -0.1) is 0 Å². The summed E-state index contributed by atoms with van der Waals surface area (Å²) in [6, 6.07) is 13.7. The molecular formula is C25H30N4O3. The van der Waals surface area contributed by atoms with E-state index >= 15 is 0 Å². The maximum Gasteiger partial charge on any atom is 0.251 e. The van der Waals surface area contributed by atoms with E-state index in [1.165, 1.54) is 0 Å². The van der Waals surface area contributed by atoms with E-state index in [4.69, 9.17) is 0 Å². The highest BCUT2D eigenvalue weighted by Crippen LogP contribution is 2.37. The van der Waals surface area contributed by atoms with E-state index in [1.807, 2.05) is 47.4 Å². The highest BCUT2D eigenvalue weighted by atomic mass is 16.2. The summed E-state index contributed by atoms with van der Waals surface area (Å²) < 4.78 is 0. The zero-order valence-corrected chi connectivity index (χ0v) is 18.3. The van der Waals surface area contributed by atoms with Gasteiger partial charge in [0.25, 0.3) is 5.91 Å². The van der Waals surface area contributed by atoms with Gasteiger partial charge in [0.2, 0.25) is 11.8 Å². The van der Waals surface area contributed by atoms with Gasteiger partial charge in [-0.3, -0.25) is 14.4 Å². The van der Waals surface area contributed by atoms with Crippen LogP contribution in [0.1, 0.15) is 42.5 Å². The van der Waals surface area contributed by atoms with E-state index in [0.29, 0.717) is 31.6 Å². The molecule has 0 aromatic heterocycles. The molecule has 0 radical (unpaired) electrons. The third kappa shape index (κ3) is 3.75. The summed E-state index contributed by atoms with van der Waals surface area (Å²) in [5.74, 6) is 0.166. The molecule has 0 atom stereocenters. The zero-order valence-electron chi connectivity index (χ0n) is 18.3. The van der Waals surface area contributed by atoms with Crippen LogP contribution in [0.15, 0.2) is 42.5 Å². The van der Waals surface area contributed by atoms with E-state index in [9.17, 15) is 14.4 Å². The summed E-state index contributed by atoms with van der Waals surface area (Å²) in [6.45, 7) is 3.11. The van der Waals surface area contributed by atoms with Gasteiger partial charge in [-0.25, -0.2) is 0 Å². The van der Waals surface area contributed by atoms with Crippen LogP contribution >= 0.6 is 0 Å². The number of benzene rings is 2. The number of amides is 3. The van der Waals surface area contributed by atoms with E-state index in [1.54, 1.807) is 0 Å². The molecule has 3 aliphatic rings. The van der Waals surface area contributed by atoms with Gasteiger partial charge >= 0.3 is 0 Å². The zero-order chi connectivity index (χ0) is 22.1. The van der Waals surface area contributed by atoms with Gasteiger partial charge in [-0.05, 0) is 48.6 Å². The minimum Gasteiger partial charge on any atom is -0.351 e. The molecule has 1 aliphatic carbocycles. The highest BCUT2D eigenvalue weighted by Gasteiger charge is 2.53. The number of hydrogen-bond acceptors (Lipinski definition) is 4. The number of fused-ring (bicyclic) bond motifs is 1. The minimum atomic E-state index is -0.683. The van der Waals surface area contributed by atoms with Crippen molar-refractivity contribution < 1.29 is 14.4 Å². The van der Waals surface area contributed by atoms with E-state index in [-0.39, 0.29) is 23.6 Å². The Balaban J connectivity index is 1.13. The molecule has 0 unspecified atom stereocenters. The molecule has 7 heteroatoms. The predicted octanol–water partition coefficient (Wildman–Crippen LogP) is 2.12. The van der Waals surface area contributed by atoms with Gasteiger partial charge < -0.3 is 20.4 Å². The molecule has 3 amide bonds. The number of carbonyl (C=O) groups is 3. The Morgan fingerprint density at radius 3 is 2.53 bits per heavy atom. The first-order valence-electron chi connectivity index (χ1n) is 11.7. The third-order valence-corrected chi connectivity index (χ3v) is 7.47. The van der Waals surface area contributed by atoms with Crippen molar-refractivity contribution in [3.05, 3.63) is 48.0 Å². The lowest BCUT2D eigenvalue weighted by Gasteiger charge is -2.44. The van der Waals surface area contributed by atoms with Crippen molar-refractivity contribution in [2.24, 2.45) is 5.92 Å². The van der Waals surface area contributed by atoms with Gasteiger partial charge in [-0.1, -0.05) is 36.8 Å². The molecule has 1 saturated carbocycles. The topological polar surface area (TPSA) is 81.8 Å². The quantitative estimate of drug-likeness (QED) is 0.755. The number of nitrogens with zero attached hydrogens (tertiary/aromatic N) is 2. The van der Waals surface area contributed by atoms with Crippen LogP contribution in [0.2, 0.25) is 0 Å². The first-order valence-corrected chi connectivity index (χ1v) is 11.7. The summed E-state index contributed by atoms with van der Waals surface area (Å²) in [6.07, 6.45) is 4.30. The lowest BCUT2D eigenvalue weighted by molar-refractivity contribution is -0.148. The molecule has 2 aromatic carbocycles. The van der Waals surface area contributed by atoms with Crippen LogP contribution in [0.4, 0.5) is 0 Å². The number of piperidine rings is 1. The maximum absolute atomic E-state index is 12.9. The molecule has 2 N–H and O–H groups in total. The van der Waals surface area contributed by atoms with Crippen LogP contribution < -0.4 is 10.6 Å². The van der Waals surface area contributed by atoms with Crippen LogP contribution in [0, 0.1) is 5.92 Å². The molecule has 3 fully saturated rings. The molecule has 32 heavy (non-hydrogen) atoms. The van der Waals surface area contributed by atoms with Crippen molar-refractivity contribution in [3.63, 3.8) is 0 Å². The average Bonchev–Trinajstić information content (AvgIpc) is 3.09. The van der Waals surface area contributed by atoms with Crippen LogP contribution in [0.25, 0.3) is 10.8 Å². The predicted molar refractivity (Wildman–Crippen MR) is 122 cm³/mol. The van der Waals surface area contributed by atoms with Gasteiger partial charge in [0.05, 0.1) is 6.67 Å². The molecule has 0 bridgehead atoms. The standard InChI is InChI=1S/C25H30N4O3/c30-22(21-9-8-18-4-1-2-5-20(18)16-21)26-12-15-28-13-10-25(11-14-28)24(32)27-17-29(25)23(31)19-6-3-7-19/h1-2,4-5,8-9,16,19H,3,6-7,10-15,17H2,(H,26,30)(H,27,32). The fourth-order valence-electron chi connectivity index (χ4n) is 5.16. The normalized spacial score (nSPS) is 20.9. The monoisotopic (exact) mass is 434 g/mol. The van der Waals surface area contributed by atoms with Crippen molar-refractivity contribution in [2.75, 3.05) is 32.8 Å². The van der Waals surface area contributed by atoms with Crippen LogP contribution in [0.5, 0.6) is 0 Å². The van der Waals surface area contributed by atoms with Crippen LogP contribution in [-0.2, 0) is 9.59 Å². The van der Waals surface area contributed by atoms with Crippen molar-refractivity contribution in [2.45, 2.75) is 37.6 Å². The molecule has 5 rings (SSSR count). The highest BCUT2D eigenvalue weighted by molar-refractivity contribution is 5.98. The van der Waals surface area contributed by atoms with Crippen LogP contribution in [0.3, 0.4) is 0 Å². The fraction of sp³-hybridized carbons (Fsp3) is 0.480. The first-order chi connectivity index (χ1) is 15.6. The van der Waals surface area contributed by atoms with Gasteiger partial charge in [0.1, 0.15) is 5.54 Å². The Hall–Kier alpha value is -2.93. The van der Waals surface area contributed by atoms with E-state index in [0.717, 1.165) is 49.7 Å². The molecule has 2 aromatic rings. The number of likely N-dealkylation sites (tertiary alicyclic amines) is 1. The minimum absolute atomic E-state index is 0.00516. The molecule has 2 heterocycles. The van der Waals surface area contributed by atoms with Crippen molar-refractivity contribution in [1.29, 1.82) is 0 Å². The Bertz CT molecular complexity index is 1040. The largest absolute Gasteiger partial charge is 0.351 e. The number of carbonyl (C=O) groups excluding carboxylic acids is 3. The summed E-state index contributed by atoms with van der Waals surface area (Å²) in [4.78, 5) is 42.2. The number of nitrogens with one attached hydrogen (secondary N) is 2. The Morgan fingerprint density at radius 1 is 1.06 bits per heavy atom. The molecule has 7 nitrogen and oxygen atoms in total. The molecule has 168 valence electrons. The van der Waals surface area contributed by atoms with Gasteiger partial charge in [0, 0.05) is 37.7 Å².